The van der Waals surface area contributed by atoms with Crippen molar-refractivity contribution in [1.82, 2.24) is 0 Å². The van der Waals surface area contributed by atoms with Gasteiger partial charge < -0.3 is 10.5 Å². The van der Waals surface area contributed by atoms with E-state index in [1.54, 1.807) is 55.6 Å². The molecule has 2 rings (SSSR count). The van der Waals surface area contributed by atoms with Crippen molar-refractivity contribution in [3.63, 3.8) is 0 Å². The number of carbonyl (C=O) groups excluding carboxylic acids is 1. The summed E-state index contributed by atoms with van der Waals surface area (Å²) in [6, 6.07) is 13.9. The lowest BCUT2D eigenvalue weighted by molar-refractivity contribution is -0.104. The Labute approximate surface area is 133 Å². The van der Waals surface area contributed by atoms with Gasteiger partial charge in [0.05, 0.1) is 18.5 Å². The van der Waals surface area contributed by atoms with Crippen molar-refractivity contribution < 1.29 is 9.53 Å². The van der Waals surface area contributed by atoms with E-state index >= 15 is 0 Å². The van der Waals surface area contributed by atoms with Crippen molar-refractivity contribution in [2.45, 2.75) is 0 Å². The lowest BCUT2D eigenvalue weighted by atomic mass is 9.94. The molecule has 2 aromatic rings. The molecule has 0 amide bonds. The maximum absolute atomic E-state index is 11.1. The van der Waals surface area contributed by atoms with E-state index in [2.05, 4.69) is 0 Å². The molecular weight excluding hydrogens is 300 g/mol. The molecular formula is C17H15ClN2O2. The van der Waals surface area contributed by atoms with E-state index in [9.17, 15) is 4.79 Å². The summed E-state index contributed by atoms with van der Waals surface area (Å²) < 4.78 is 5.11. The molecule has 4 nitrogen and oxygen atoms in total. The van der Waals surface area contributed by atoms with E-state index in [0.717, 1.165) is 0 Å². The van der Waals surface area contributed by atoms with E-state index in [0.29, 0.717) is 33.8 Å². The number of rotatable bonds is 5. The van der Waals surface area contributed by atoms with Gasteiger partial charge in [-0.3, -0.25) is 10.2 Å². The fourth-order valence-electron chi connectivity index (χ4n) is 2.06. The lowest BCUT2D eigenvalue weighted by Crippen LogP contribution is -2.12. The van der Waals surface area contributed by atoms with E-state index < -0.39 is 0 Å². The number of benzene rings is 2. The number of halogens is 1. The molecule has 2 aromatic carbocycles. The Morgan fingerprint density at radius 1 is 1.18 bits per heavy atom. The van der Waals surface area contributed by atoms with Crippen LogP contribution < -0.4 is 10.5 Å². The molecule has 0 atom stereocenters. The van der Waals surface area contributed by atoms with E-state index in [-0.39, 0.29) is 11.4 Å². The number of nitrogens with one attached hydrogen (secondary N) is 1. The van der Waals surface area contributed by atoms with Gasteiger partial charge in [0.1, 0.15) is 5.75 Å². The predicted molar refractivity (Wildman–Crippen MR) is 88.4 cm³/mol. The average molecular weight is 315 g/mol. The predicted octanol–water partition coefficient (Wildman–Crippen LogP) is 3.29. The number of allylic oxidation sites excluding steroid dienone is 2. The van der Waals surface area contributed by atoms with Crippen LogP contribution in [0.4, 0.5) is 0 Å². The van der Waals surface area contributed by atoms with Gasteiger partial charge >= 0.3 is 0 Å². The maximum atomic E-state index is 11.1. The minimum absolute atomic E-state index is 0.00450. The number of carbonyl (C=O) groups is 1. The molecule has 112 valence electrons. The highest BCUT2D eigenvalue weighted by molar-refractivity contribution is 6.35. The van der Waals surface area contributed by atoms with Gasteiger partial charge in [-0.25, -0.2) is 0 Å². The Bertz CT molecular complexity index is 737. The second-order valence-electron chi connectivity index (χ2n) is 4.56. The molecule has 0 spiro atoms. The Morgan fingerprint density at radius 3 is 2.41 bits per heavy atom. The quantitative estimate of drug-likeness (QED) is 0.505. The summed E-state index contributed by atoms with van der Waals surface area (Å²) in [5.74, 6) is 0.682. The van der Waals surface area contributed by atoms with Crippen molar-refractivity contribution >= 4 is 29.2 Å². The summed E-state index contributed by atoms with van der Waals surface area (Å²) in [4.78, 5) is 11.1. The molecule has 0 saturated carbocycles. The molecule has 0 fully saturated rings. The van der Waals surface area contributed by atoms with Gasteiger partial charge in [-0.2, -0.15) is 0 Å². The Hall–Kier alpha value is -2.59. The van der Waals surface area contributed by atoms with Crippen LogP contribution in [0.25, 0.3) is 5.57 Å². The van der Waals surface area contributed by atoms with Crippen LogP contribution in [0.2, 0.25) is 5.02 Å². The zero-order valence-corrected chi connectivity index (χ0v) is 12.7. The van der Waals surface area contributed by atoms with Gasteiger partial charge in [0, 0.05) is 16.2 Å². The molecule has 0 saturated heterocycles. The van der Waals surface area contributed by atoms with E-state index in [1.807, 2.05) is 0 Å². The lowest BCUT2D eigenvalue weighted by Gasteiger charge is -2.12. The smallest absolute Gasteiger partial charge is 0.166 e. The third-order valence-corrected chi connectivity index (χ3v) is 3.39. The van der Waals surface area contributed by atoms with Crippen molar-refractivity contribution in [1.29, 1.82) is 5.41 Å². The monoisotopic (exact) mass is 314 g/mol. The summed E-state index contributed by atoms with van der Waals surface area (Å²) in [5, 5.41) is 8.88. The second kappa shape index (κ2) is 6.91. The summed E-state index contributed by atoms with van der Waals surface area (Å²) >= 11 is 5.96. The minimum Gasteiger partial charge on any atom is -0.497 e. The summed E-state index contributed by atoms with van der Waals surface area (Å²) in [6.45, 7) is 0. The highest BCUT2D eigenvalue weighted by atomic mass is 35.5. The van der Waals surface area contributed by atoms with Crippen LogP contribution in [0, 0.1) is 5.41 Å². The molecule has 0 aliphatic heterocycles. The number of nitrogens with two attached hydrogens (primary N) is 1. The number of ether oxygens (including phenoxy) is 1. The highest BCUT2D eigenvalue weighted by Crippen LogP contribution is 2.24. The SMILES string of the molecule is COc1ccc(/C(C(=N)c2cccc(Cl)c2)=C(/N)C=O)cc1. The zero-order valence-electron chi connectivity index (χ0n) is 12.0. The molecule has 0 aliphatic rings. The molecule has 0 radical (unpaired) electrons. The van der Waals surface area contributed by atoms with E-state index in [4.69, 9.17) is 27.5 Å². The van der Waals surface area contributed by atoms with Crippen LogP contribution in [0.15, 0.2) is 54.2 Å². The first-order valence-electron chi connectivity index (χ1n) is 6.51. The third-order valence-electron chi connectivity index (χ3n) is 3.16. The summed E-state index contributed by atoms with van der Waals surface area (Å²) in [5.41, 5.74) is 7.54. The fraction of sp³-hybridized carbons (Fsp3) is 0.0588. The van der Waals surface area contributed by atoms with Gasteiger partial charge in [0.25, 0.3) is 0 Å². The molecule has 22 heavy (non-hydrogen) atoms. The molecule has 0 heterocycles. The Balaban J connectivity index is 2.51. The minimum atomic E-state index is -0.00450. The Kier molecular flexibility index (Phi) is 4.96. The largest absolute Gasteiger partial charge is 0.497 e. The van der Waals surface area contributed by atoms with E-state index in [1.165, 1.54) is 0 Å². The first-order chi connectivity index (χ1) is 10.6. The van der Waals surface area contributed by atoms with Crippen molar-refractivity contribution in [3.05, 3.63) is 70.4 Å². The van der Waals surface area contributed by atoms with Crippen LogP contribution in [-0.2, 0) is 4.79 Å². The number of methoxy groups -OCH3 is 1. The standard InChI is InChI=1S/C17H15ClN2O2/c1-22-14-7-5-11(6-8-14)16(15(19)10-21)17(20)12-3-2-4-13(18)9-12/h2-10,20H,19H2,1H3/b16-15-,20-17?. The molecule has 0 bridgehead atoms. The van der Waals surface area contributed by atoms with Crippen LogP contribution >= 0.6 is 11.6 Å². The average Bonchev–Trinajstić information content (AvgIpc) is 2.55. The highest BCUT2D eigenvalue weighted by Gasteiger charge is 2.15. The second-order valence-corrected chi connectivity index (χ2v) is 5.00. The third kappa shape index (κ3) is 3.35. The number of hydrogen-bond acceptors (Lipinski definition) is 4. The van der Waals surface area contributed by atoms with Crippen LogP contribution in [0.3, 0.4) is 0 Å². The number of hydrogen-bond donors (Lipinski definition) is 2. The van der Waals surface area contributed by atoms with Gasteiger partial charge in [0.2, 0.25) is 0 Å². The molecule has 0 unspecified atom stereocenters. The van der Waals surface area contributed by atoms with Crippen molar-refractivity contribution in [2.75, 3.05) is 7.11 Å². The summed E-state index contributed by atoms with van der Waals surface area (Å²) in [7, 11) is 1.57. The topological polar surface area (TPSA) is 76.2 Å². The van der Waals surface area contributed by atoms with Crippen molar-refractivity contribution in [2.24, 2.45) is 5.73 Å². The zero-order chi connectivity index (χ0) is 16.1. The molecule has 3 N–H and O–H groups in total. The first kappa shape index (κ1) is 15.8. The van der Waals surface area contributed by atoms with Crippen molar-refractivity contribution in [3.8, 4) is 5.75 Å². The normalized spacial score (nSPS) is 11.5. The Morgan fingerprint density at radius 2 is 1.86 bits per heavy atom. The summed E-state index contributed by atoms with van der Waals surface area (Å²) in [6.07, 6.45) is 0.540. The number of aldehydes is 1. The van der Waals surface area contributed by atoms with Gasteiger partial charge in [-0.05, 0) is 29.8 Å². The van der Waals surface area contributed by atoms with Crippen LogP contribution in [-0.4, -0.2) is 19.1 Å². The molecule has 0 aromatic heterocycles. The molecule has 0 aliphatic carbocycles. The first-order valence-corrected chi connectivity index (χ1v) is 6.89. The van der Waals surface area contributed by atoms with Crippen LogP contribution in [0.1, 0.15) is 11.1 Å². The van der Waals surface area contributed by atoms with Gasteiger partial charge in [0.15, 0.2) is 6.29 Å². The fourth-order valence-corrected chi connectivity index (χ4v) is 2.25. The maximum Gasteiger partial charge on any atom is 0.166 e. The van der Waals surface area contributed by atoms with Gasteiger partial charge in [-0.1, -0.05) is 35.9 Å². The molecule has 5 heteroatoms. The van der Waals surface area contributed by atoms with Gasteiger partial charge in [-0.15, -0.1) is 0 Å². The van der Waals surface area contributed by atoms with Crippen LogP contribution in [0.5, 0.6) is 5.75 Å².